The summed E-state index contributed by atoms with van der Waals surface area (Å²) in [6, 6.07) is 16.6. The van der Waals surface area contributed by atoms with E-state index < -0.39 is 0 Å². The van der Waals surface area contributed by atoms with Crippen LogP contribution in [0.1, 0.15) is 40.1 Å². The molecule has 0 radical (unpaired) electrons. The highest BCUT2D eigenvalue weighted by atomic mass is 16.5. The van der Waals surface area contributed by atoms with Crippen molar-refractivity contribution in [1.82, 2.24) is 4.90 Å². The topological polar surface area (TPSA) is 46.6 Å². The second kappa shape index (κ2) is 6.54. The van der Waals surface area contributed by atoms with Crippen LogP contribution in [0, 0.1) is 0 Å². The number of carbonyl (C=O) groups excluding carboxylic acids is 2. The van der Waals surface area contributed by atoms with Gasteiger partial charge in [0.1, 0.15) is 0 Å². The zero-order valence-corrected chi connectivity index (χ0v) is 14.9. The lowest BCUT2D eigenvalue weighted by Crippen LogP contribution is -2.47. The number of hydrogen-bond acceptors (Lipinski definition) is 4. The number of ketones is 2. The van der Waals surface area contributed by atoms with Crippen molar-refractivity contribution in [3.8, 4) is 0 Å². The van der Waals surface area contributed by atoms with Crippen molar-refractivity contribution >= 4 is 17.1 Å². The highest BCUT2D eigenvalue weighted by Gasteiger charge is 2.37. The average molecular weight is 347 g/mol. The fourth-order valence-corrected chi connectivity index (χ4v) is 3.90. The number of nitrogens with zero attached hydrogens (tertiary/aromatic N) is 1. The third-order valence-electron chi connectivity index (χ3n) is 4.89. The number of rotatable bonds is 2. The molecule has 132 valence electrons. The summed E-state index contributed by atoms with van der Waals surface area (Å²) in [7, 11) is 0. The molecular weight excluding hydrogens is 326 g/mol. The van der Waals surface area contributed by atoms with E-state index in [1.165, 1.54) is 0 Å². The van der Waals surface area contributed by atoms with Crippen LogP contribution in [-0.2, 0) is 4.74 Å². The second-order valence-corrected chi connectivity index (χ2v) is 6.96. The van der Waals surface area contributed by atoms with E-state index in [1.807, 2.05) is 49.1 Å². The Hall–Kier alpha value is -2.72. The Bertz CT molecular complexity index is 891. The molecule has 0 saturated carbocycles. The Labute approximate surface area is 153 Å². The van der Waals surface area contributed by atoms with E-state index in [0.29, 0.717) is 35.5 Å². The van der Waals surface area contributed by atoms with E-state index in [9.17, 15) is 9.59 Å². The van der Waals surface area contributed by atoms with Crippen molar-refractivity contribution in [2.75, 3.05) is 13.1 Å². The highest BCUT2D eigenvalue weighted by molar-refractivity contribution is 6.40. The summed E-state index contributed by atoms with van der Waals surface area (Å²) in [5.41, 5.74) is 2.74. The number of Topliss-reactive ketones (excluding diaryl/α,β-unsaturated/α-hetero) is 2. The summed E-state index contributed by atoms with van der Waals surface area (Å²) in [5, 5.41) is 0. The van der Waals surface area contributed by atoms with Crippen LogP contribution in [0.15, 0.2) is 60.3 Å². The van der Waals surface area contributed by atoms with Crippen LogP contribution in [0.5, 0.6) is 0 Å². The van der Waals surface area contributed by atoms with E-state index in [0.717, 1.165) is 5.56 Å². The summed E-state index contributed by atoms with van der Waals surface area (Å²) in [5.74, 6) is -0.173. The number of carbonyl (C=O) groups is 2. The van der Waals surface area contributed by atoms with Crippen molar-refractivity contribution in [1.29, 1.82) is 0 Å². The van der Waals surface area contributed by atoms with Gasteiger partial charge in [0.05, 0.1) is 23.5 Å². The Morgan fingerprint density at radius 1 is 0.808 bits per heavy atom. The van der Waals surface area contributed by atoms with Gasteiger partial charge in [-0.15, -0.1) is 0 Å². The van der Waals surface area contributed by atoms with E-state index in [1.54, 1.807) is 24.3 Å². The van der Waals surface area contributed by atoms with Gasteiger partial charge in [0, 0.05) is 24.2 Å². The van der Waals surface area contributed by atoms with Crippen LogP contribution in [0.3, 0.4) is 0 Å². The van der Waals surface area contributed by atoms with Gasteiger partial charge in [-0.25, -0.2) is 0 Å². The van der Waals surface area contributed by atoms with E-state index in [4.69, 9.17) is 4.74 Å². The molecule has 0 aromatic heterocycles. The first kappa shape index (κ1) is 16.7. The minimum absolute atomic E-state index is 0.00310. The minimum atomic E-state index is -0.0896. The van der Waals surface area contributed by atoms with Crippen molar-refractivity contribution in [2.24, 2.45) is 0 Å². The number of fused-ring (bicyclic) bond motifs is 1. The molecule has 4 rings (SSSR count). The van der Waals surface area contributed by atoms with Crippen LogP contribution in [0.2, 0.25) is 0 Å². The number of morpholine rings is 1. The van der Waals surface area contributed by atoms with Gasteiger partial charge in [0.15, 0.2) is 5.78 Å². The fraction of sp³-hybridized carbons (Fsp3) is 0.273. The van der Waals surface area contributed by atoms with Crippen LogP contribution in [-0.4, -0.2) is 41.8 Å². The Morgan fingerprint density at radius 3 is 1.96 bits per heavy atom. The summed E-state index contributed by atoms with van der Waals surface area (Å²) in [6.45, 7) is 5.18. The molecule has 0 amide bonds. The maximum absolute atomic E-state index is 13.4. The van der Waals surface area contributed by atoms with Gasteiger partial charge in [0.2, 0.25) is 5.78 Å². The largest absolute Gasteiger partial charge is 0.372 e. The molecule has 1 fully saturated rings. The molecule has 4 heteroatoms. The normalized spacial score (nSPS) is 23.2. The molecule has 2 aromatic rings. The second-order valence-electron chi connectivity index (χ2n) is 6.96. The summed E-state index contributed by atoms with van der Waals surface area (Å²) < 4.78 is 5.82. The number of benzene rings is 2. The number of ether oxygens (including phenoxy) is 1. The monoisotopic (exact) mass is 347 g/mol. The maximum Gasteiger partial charge on any atom is 0.210 e. The molecule has 2 aromatic carbocycles. The van der Waals surface area contributed by atoms with Gasteiger partial charge in [-0.1, -0.05) is 54.6 Å². The molecule has 1 saturated heterocycles. The van der Waals surface area contributed by atoms with Gasteiger partial charge in [0.25, 0.3) is 0 Å². The molecule has 1 heterocycles. The van der Waals surface area contributed by atoms with Gasteiger partial charge >= 0.3 is 0 Å². The fourth-order valence-electron chi connectivity index (χ4n) is 3.90. The first-order chi connectivity index (χ1) is 12.6. The van der Waals surface area contributed by atoms with Gasteiger partial charge < -0.3 is 9.64 Å². The first-order valence-corrected chi connectivity index (χ1v) is 8.94. The van der Waals surface area contributed by atoms with E-state index >= 15 is 0 Å². The molecule has 4 nitrogen and oxygen atoms in total. The molecule has 1 aliphatic carbocycles. The van der Waals surface area contributed by atoms with Gasteiger partial charge in [-0.3, -0.25) is 9.59 Å². The number of allylic oxidation sites excluding steroid dienone is 2. The van der Waals surface area contributed by atoms with Crippen molar-refractivity contribution in [3.05, 3.63) is 77.0 Å². The zero-order chi connectivity index (χ0) is 18.3. The maximum atomic E-state index is 13.4. The molecule has 0 bridgehead atoms. The molecule has 0 spiro atoms. The SMILES string of the molecule is CC1CN(C2=C(c3ccccc3)C(=O)c3ccccc3C2=O)CC(C)O1. The molecule has 0 N–H and O–H groups in total. The van der Waals surface area contributed by atoms with Crippen molar-refractivity contribution < 1.29 is 14.3 Å². The molecular formula is C22H21NO3. The lowest BCUT2D eigenvalue weighted by atomic mass is 9.83. The highest BCUT2D eigenvalue weighted by Crippen LogP contribution is 2.35. The van der Waals surface area contributed by atoms with Crippen molar-refractivity contribution in [3.63, 3.8) is 0 Å². The number of hydrogen-bond donors (Lipinski definition) is 0. The van der Waals surface area contributed by atoms with E-state index in [2.05, 4.69) is 0 Å². The zero-order valence-electron chi connectivity index (χ0n) is 14.9. The van der Waals surface area contributed by atoms with Gasteiger partial charge in [-0.05, 0) is 19.4 Å². The first-order valence-electron chi connectivity index (χ1n) is 8.94. The molecule has 2 aliphatic rings. The van der Waals surface area contributed by atoms with Crippen LogP contribution >= 0.6 is 0 Å². The standard InChI is InChI=1S/C22H21NO3/c1-14-12-23(13-15(2)26-14)20-19(16-8-4-3-5-9-16)21(24)17-10-6-7-11-18(17)22(20)25/h3-11,14-15H,12-13H2,1-2H3. The average Bonchev–Trinajstić information content (AvgIpc) is 2.64. The quantitative estimate of drug-likeness (QED) is 0.833. The lowest BCUT2D eigenvalue weighted by Gasteiger charge is -2.39. The summed E-state index contributed by atoms with van der Waals surface area (Å²) in [4.78, 5) is 28.7. The summed E-state index contributed by atoms with van der Waals surface area (Å²) >= 11 is 0. The summed E-state index contributed by atoms with van der Waals surface area (Å²) in [6.07, 6.45) is 0.00620. The smallest absolute Gasteiger partial charge is 0.210 e. The van der Waals surface area contributed by atoms with Crippen LogP contribution < -0.4 is 0 Å². The Kier molecular flexibility index (Phi) is 4.21. The van der Waals surface area contributed by atoms with Crippen LogP contribution in [0.4, 0.5) is 0 Å². The Morgan fingerprint density at radius 2 is 1.35 bits per heavy atom. The van der Waals surface area contributed by atoms with Gasteiger partial charge in [-0.2, -0.15) is 0 Å². The third-order valence-corrected chi connectivity index (χ3v) is 4.89. The predicted octanol–water partition coefficient (Wildman–Crippen LogP) is 3.59. The molecule has 26 heavy (non-hydrogen) atoms. The van der Waals surface area contributed by atoms with E-state index in [-0.39, 0.29) is 23.8 Å². The predicted molar refractivity (Wildman–Crippen MR) is 100 cm³/mol. The molecule has 2 unspecified atom stereocenters. The third kappa shape index (κ3) is 2.76. The Balaban J connectivity index is 1.92. The lowest BCUT2D eigenvalue weighted by molar-refractivity contribution is -0.0569. The minimum Gasteiger partial charge on any atom is -0.372 e. The van der Waals surface area contributed by atoms with Crippen LogP contribution in [0.25, 0.3) is 5.57 Å². The molecule has 1 aliphatic heterocycles. The van der Waals surface area contributed by atoms with Crippen molar-refractivity contribution in [2.45, 2.75) is 26.1 Å². The molecule has 2 atom stereocenters.